The normalized spacial score (nSPS) is 25.9. The third kappa shape index (κ3) is 1.91. The topological polar surface area (TPSA) is 38.2 Å². The van der Waals surface area contributed by atoms with Crippen LogP contribution in [-0.2, 0) is 4.74 Å². The number of rotatable bonds is 1. The van der Waals surface area contributed by atoms with Gasteiger partial charge >= 0.3 is 0 Å². The molecule has 5 heteroatoms. The molecule has 2 saturated heterocycles. The van der Waals surface area contributed by atoms with Gasteiger partial charge in [0.1, 0.15) is 0 Å². The molecule has 2 aliphatic heterocycles. The summed E-state index contributed by atoms with van der Waals surface area (Å²) in [5.41, 5.74) is 1.14. The second kappa shape index (κ2) is 4.67. The summed E-state index contributed by atoms with van der Waals surface area (Å²) in [4.78, 5) is 11.7. The highest BCUT2D eigenvalue weighted by Crippen LogP contribution is 2.38. The maximum absolute atomic E-state index is 5.63. The van der Waals surface area contributed by atoms with Crippen molar-refractivity contribution in [2.24, 2.45) is 0 Å². The largest absolute Gasteiger partial charge is 0.379 e. The predicted molar refractivity (Wildman–Crippen MR) is 82.0 cm³/mol. The van der Waals surface area contributed by atoms with E-state index in [2.05, 4.69) is 31.9 Å². The van der Waals surface area contributed by atoms with E-state index in [4.69, 9.17) is 9.72 Å². The van der Waals surface area contributed by atoms with Crippen molar-refractivity contribution in [2.75, 3.05) is 24.7 Å². The average Bonchev–Trinajstić information content (AvgIpc) is 3.09. The zero-order valence-corrected chi connectivity index (χ0v) is 12.8. The van der Waals surface area contributed by atoms with Gasteiger partial charge in [-0.2, -0.15) is 0 Å². The Morgan fingerprint density at radius 2 is 2.25 bits per heavy atom. The van der Waals surface area contributed by atoms with Crippen molar-refractivity contribution in [3.63, 3.8) is 0 Å². The Morgan fingerprint density at radius 1 is 1.30 bits per heavy atom. The molecule has 0 aliphatic carbocycles. The van der Waals surface area contributed by atoms with Gasteiger partial charge in [0.25, 0.3) is 0 Å². The van der Waals surface area contributed by atoms with E-state index < -0.39 is 0 Å². The van der Waals surface area contributed by atoms with Crippen molar-refractivity contribution in [1.82, 2.24) is 9.97 Å². The Hall–Kier alpha value is -1.20. The highest BCUT2D eigenvalue weighted by atomic mass is 79.9. The highest BCUT2D eigenvalue weighted by molar-refractivity contribution is 9.10. The number of benzene rings is 1. The summed E-state index contributed by atoms with van der Waals surface area (Å²) >= 11 is 3.48. The molecule has 1 aromatic heterocycles. The van der Waals surface area contributed by atoms with Crippen molar-refractivity contribution in [2.45, 2.75) is 24.8 Å². The summed E-state index contributed by atoms with van der Waals surface area (Å²) in [6, 6.07) is 6.12. The quantitative estimate of drug-likeness (QED) is 0.803. The van der Waals surface area contributed by atoms with Gasteiger partial charge in [0, 0.05) is 29.2 Å². The molecule has 0 N–H and O–H groups in total. The Morgan fingerprint density at radius 3 is 3.10 bits per heavy atom. The monoisotopic (exact) mass is 333 g/mol. The van der Waals surface area contributed by atoms with Gasteiger partial charge in [-0.25, -0.2) is 9.97 Å². The van der Waals surface area contributed by atoms with Crippen LogP contribution in [0.4, 0.5) is 5.95 Å². The van der Waals surface area contributed by atoms with E-state index in [9.17, 15) is 0 Å². The van der Waals surface area contributed by atoms with E-state index in [0.717, 1.165) is 47.5 Å². The lowest BCUT2D eigenvalue weighted by Crippen LogP contribution is -2.45. The molecule has 3 heterocycles. The second-order valence-electron chi connectivity index (χ2n) is 5.66. The zero-order valence-electron chi connectivity index (χ0n) is 11.2. The van der Waals surface area contributed by atoms with E-state index in [1.54, 1.807) is 0 Å². The lowest BCUT2D eigenvalue weighted by atomic mass is 9.96. The van der Waals surface area contributed by atoms with E-state index in [1.165, 1.54) is 12.8 Å². The molecule has 0 bridgehead atoms. The van der Waals surface area contributed by atoms with Crippen molar-refractivity contribution in [3.8, 4) is 0 Å². The lowest BCUT2D eigenvalue weighted by molar-refractivity contribution is 0.178. The van der Waals surface area contributed by atoms with Gasteiger partial charge in [-0.05, 0) is 37.5 Å². The van der Waals surface area contributed by atoms with Gasteiger partial charge in [0.05, 0.1) is 17.7 Å². The fourth-order valence-corrected chi connectivity index (χ4v) is 3.76. The van der Waals surface area contributed by atoms with E-state index in [1.807, 2.05) is 18.3 Å². The van der Waals surface area contributed by atoms with Crippen LogP contribution in [0.3, 0.4) is 0 Å². The summed E-state index contributed by atoms with van der Waals surface area (Å²) in [5.74, 6) is 0.850. The molecule has 0 radical (unpaired) electrons. The standard InChI is InChI=1S/C15H16BrN3O/c16-12-2-3-13-11(8-12)9-17-14(18-13)19-6-1-4-15(19)5-7-20-10-15/h2-3,8-9H,1,4-7,10H2. The number of ether oxygens (including phenoxy) is 1. The minimum absolute atomic E-state index is 0.142. The molecule has 104 valence electrons. The van der Waals surface area contributed by atoms with Crippen LogP contribution < -0.4 is 4.90 Å². The molecular formula is C15H16BrN3O. The fourth-order valence-electron chi connectivity index (χ4n) is 3.38. The minimum Gasteiger partial charge on any atom is -0.379 e. The number of hydrogen-bond acceptors (Lipinski definition) is 4. The van der Waals surface area contributed by atoms with Crippen molar-refractivity contribution in [1.29, 1.82) is 0 Å². The first-order chi connectivity index (χ1) is 9.77. The zero-order chi connectivity index (χ0) is 13.6. The van der Waals surface area contributed by atoms with Crippen molar-refractivity contribution < 1.29 is 4.74 Å². The first kappa shape index (κ1) is 12.5. The third-order valence-electron chi connectivity index (χ3n) is 4.45. The first-order valence-corrected chi connectivity index (χ1v) is 7.84. The van der Waals surface area contributed by atoms with E-state index in [0.29, 0.717) is 0 Å². The highest BCUT2D eigenvalue weighted by Gasteiger charge is 2.45. The van der Waals surface area contributed by atoms with Gasteiger partial charge in [-0.3, -0.25) is 0 Å². The molecule has 4 rings (SSSR count). The van der Waals surface area contributed by atoms with Crippen LogP contribution in [-0.4, -0.2) is 35.3 Å². The number of nitrogens with zero attached hydrogens (tertiary/aromatic N) is 3. The van der Waals surface area contributed by atoms with Crippen molar-refractivity contribution in [3.05, 3.63) is 28.9 Å². The molecule has 1 aromatic carbocycles. The van der Waals surface area contributed by atoms with Crippen molar-refractivity contribution >= 4 is 32.8 Å². The minimum atomic E-state index is 0.142. The van der Waals surface area contributed by atoms with Gasteiger partial charge in [-0.1, -0.05) is 15.9 Å². The number of hydrogen-bond donors (Lipinski definition) is 0. The average molecular weight is 334 g/mol. The third-order valence-corrected chi connectivity index (χ3v) is 4.94. The van der Waals surface area contributed by atoms with Crippen LogP contribution in [0, 0.1) is 0 Å². The molecular weight excluding hydrogens is 318 g/mol. The second-order valence-corrected chi connectivity index (χ2v) is 6.57. The maximum Gasteiger partial charge on any atom is 0.226 e. The number of anilines is 1. The van der Waals surface area contributed by atoms with Crippen LogP contribution in [0.25, 0.3) is 10.9 Å². The Balaban J connectivity index is 1.76. The summed E-state index contributed by atoms with van der Waals surface area (Å²) < 4.78 is 6.69. The molecule has 2 aromatic rings. The van der Waals surface area contributed by atoms with Gasteiger partial charge in [-0.15, -0.1) is 0 Å². The van der Waals surface area contributed by atoms with Crippen LogP contribution in [0.2, 0.25) is 0 Å². The van der Waals surface area contributed by atoms with Crippen LogP contribution in [0.1, 0.15) is 19.3 Å². The number of fused-ring (bicyclic) bond motifs is 1. The molecule has 4 nitrogen and oxygen atoms in total. The Kier molecular flexibility index (Phi) is 2.93. The fraction of sp³-hybridized carbons (Fsp3) is 0.467. The van der Waals surface area contributed by atoms with Crippen LogP contribution >= 0.6 is 15.9 Å². The lowest BCUT2D eigenvalue weighted by Gasteiger charge is -2.33. The van der Waals surface area contributed by atoms with Gasteiger partial charge < -0.3 is 9.64 Å². The Labute approximate surface area is 126 Å². The summed E-state index contributed by atoms with van der Waals surface area (Å²) in [6.45, 7) is 2.71. The van der Waals surface area contributed by atoms with Crippen LogP contribution in [0.5, 0.6) is 0 Å². The van der Waals surface area contributed by atoms with Gasteiger partial charge in [0.15, 0.2) is 0 Å². The number of halogens is 1. The molecule has 0 amide bonds. The summed E-state index contributed by atoms with van der Waals surface area (Å²) in [5, 5.41) is 1.07. The summed E-state index contributed by atoms with van der Waals surface area (Å²) in [6.07, 6.45) is 5.40. The number of aromatic nitrogens is 2. The first-order valence-electron chi connectivity index (χ1n) is 7.05. The molecule has 2 aliphatic rings. The van der Waals surface area contributed by atoms with E-state index in [-0.39, 0.29) is 5.54 Å². The molecule has 1 unspecified atom stereocenters. The SMILES string of the molecule is Brc1ccc2nc(N3CCCC34CCOC4)ncc2c1. The molecule has 1 atom stereocenters. The molecule has 20 heavy (non-hydrogen) atoms. The smallest absolute Gasteiger partial charge is 0.226 e. The Bertz CT molecular complexity index is 649. The van der Waals surface area contributed by atoms with Crippen LogP contribution in [0.15, 0.2) is 28.9 Å². The van der Waals surface area contributed by atoms with Gasteiger partial charge in [0.2, 0.25) is 5.95 Å². The molecule has 2 fully saturated rings. The van der Waals surface area contributed by atoms with E-state index >= 15 is 0 Å². The predicted octanol–water partition coefficient (Wildman–Crippen LogP) is 3.15. The maximum atomic E-state index is 5.63. The summed E-state index contributed by atoms with van der Waals surface area (Å²) in [7, 11) is 0. The molecule has 1 spiro atoms. The molecule has 0 saturated carbocycles.